The van der Waals surface area contributed by atoms with Crippen molar-refractivity contribution in [2.75, 3.05) is 0 Å². The van der Waals surface area contributed by atoms with Crippen molar-refractivity contribution in [1.82, 2.24) is 15.0 Å². The first-order valence-electron chi connectivity index (χ1n) is 5.59. The number of aromatic amines is 1. The number of imidazole rings is 1. The predicted octanol–water partition coefficient (Wildman–Crippen LogP) is 2.80. The van der Waals surface area contributed by atoms with Crippen LogP contribution in [0.25, 0.3) is 22.6 Å². The number of hydrogen-bond donors (Lipinski definition) is 1. The smallest absolute Gasteiger partial charge is 0.178 e. The largest absolute Gasteiger partial charge is 0.337 e. The van der Waals surface area contributed by atoms with Crippen molar-refractivity contribution < 1.29 is 0 Å². The molecule has 2 heterocycles. The molecule has 4 nitrogen and oxygen atoms in total. The highest BCUT2D eigenvalue weighted by atomic mass is 15.0. The SMILES string of the molecule is Cc1cnc2nc(-c3ccc(C#N)cc3)[nH]c2c1. The highest BCUT2D eigenvalue weighted by molar-refractivity contribution is 5.76. The van der Waals surface area contributed by atoms with Gasteiger partial charge in [0, 0.05) is 11.8 Å². The van der Waals surface area contributed by atoms with Gasteiger partial charge in [0.2, 0.25) is 0 Å². The molecule has 18 heavy (non-hydrogen) atoms. The lowest BCUT2D eigenvalue weighted by Gasteiger charge is -1.95. The van der Waals surface area contributed by atoms with E-state index < -0.39 is 0 Å². The number of nitrogens with one attached hydrogen (secondary N) is 1. The molecule has 0 aliphatic carbocycles. The number of fused-ring (bicyclic) bond motifs is 1. The minimum atomic E-state index is 0.642. The van der Waals surface area contributed by atoms with E-state index in [1.165, 1.54) is 0 Å². The molecule has 0 unspecified atom stereocenters. The van der Waals surface area contributed by atoms with Crippen molar-refractivity contribution in [1.29, 1.82) is 5.26 Å². The Morgan fingerprint density at radius 2 is 2.00 bits per heavy atom. The van der Waals surface area contributed by atoms with Crippen LogP contribution >= 0.6 is 0 Å². The van der Waals surface area contributed by atoms with Crippen LogP contribution in [0.4, 0.5) is 0 Å². The van der Waals surface area contributed by atoms with Gasteiger partial charge in [-0.05, 0) is 42.8 Å². The van der Waals surface area contributed by atoms with Gasteiger partial charge in [-0.2, -0.15) is 5.26 Å². The third-order valence-corrected chi connectivity index (χ3v) is 2.76. The summed E-state index contributed by atoms with van der Waals surface area (Å²) in [5.74, 6) is 0.771. The lowest BCUT2D eigenvalue weighted by Crippen LogP contribution is -1.81. The van der Waals surface area contributed by atoms with E-state index in [2.05, 4.69) is 21.0 Å². The predicted molar refractivity (Wildman–Crippen MR) is 68.8 cm³/mol. The Hall–Kier alpha value is -2.67. The summed E-state index contributed by atoms with van der Waals surface area (Å²) in [6, 6.07) is 11.4. The van der Waals surface area contributed by atoms with Crippen LogP contribution in [0.15, 0.2) is 36.5 Å². The summed E-state index contributed by atoms with van der Waals surface area (Å²) in [5.41, 5.74) is 4.32. The van der Waals surface area contributed by atoms with Crippen LogP contribution in [-0.2, 0) is 0 Å². The van der Waals surface area contributed by atoms with E-state index in [4.69, 9.17) is 5.26 Å². The van der Waals surface area contributed by atoms with Gasteiger partial charge >= 0.3 is 0 Å². The van der Waals surface area contributed by atoms with Crippen molar-refractivity contribution in [3.63, 3.8) is 0 Å². The molecular formula is C14H10N4. The van der Waals surface area contributed by atoms with Gasteiger partial charge in [-0.25, -0.2) is 9.97 Å². The Bertz CT molecular complexity index is 748. The molecule has 0 spiro atoms. The van der Waals surface area contributed by atoms with E-state index in [0.29, 0.717) is 11.2 Å². The Morgan fingerprint density at radius 3 is 2.72 bits per heavy atom. The van der Waals surface area contributed by atoms with Crippen molar-refractivity contribution in [2.45, 2.75) is 6.92 Å². The van der Waals surface area contributed by atoms with Crippen LogP contribution in [0.3, 0.4) is 0 Å². The molecule has 0 aliphatic heterocycles. The van der Waals surface area contributed by atoms with Gasteiger partial charge in [-0.3, -0.25) is 0 Å². The number of benzene rings is 1. The zero-order chi connectivity index (χ0) is 12.5. The normalized spacial score (nSPS) is 10.4. The zero-order valence-electron chi connectivity index (χ0n) is 9.81. The molecule has 86 valence electrons. The minimum Gasteiger partial charge on any atom is -0.337 e. The molecule has 1 aromatic carbocycles. The van der Waals surface area contributed by atoms with Crippen LogP contribution in [0.2, 0.25) is 0 Å². The van der Waals surface area contributed by atoms with E-state index in [-0.39, 0.29) is 0 Å². The minimum absolute atomic E-state index is 0.642. The van der Waals surface area contributed by atoms with Gasteiger partial charge in [0.1, 0.15) is 5.82 Å². The van der Waals surface area contributed by atoms with E-state index in [9.17, 15) is 0 Å². The van der Waals surface area contributed by atoms with E-state index in [0.717, 1.165) is 22.5 Å². The first kappa shape index (κ1) is 10.5. The fraction of sp³-hybridized carbons (Fsp3) is 0.0714. The molecule has 1 N–H and O–H groups in total. The molecular weight excluding hydrogens is 224 g/mol. The maximum absolute atomic E-state index is 8.76. The average molecular weight is 234 g/mol. The fourth-order valence-electron chi connectivity index (χ4n) is 1.84. The Morgan fingerprint density at radius 1 is 1.22 bits per heavy atom. The van der Waals surface area contributed by atoms with Crippen LogP contribution in [0.1, 0.15) is 11.1 Å². The number of hydrogen-bond acceptors (Lipinski definition) is 3. The number of nitriles is 1. The number of aromatic nitrogens is 3. The fourth-order valence-corrected chi connectivity index (χ4v) is 1.84. The molecule has 3 aromatic rings. The van der Waals surface area contributed by atoms with Crippen molar-refractivity contribution >= 4 is 11.2 Å². The van der Waals surface area contributed by atoms with E-state index in [1.54, 1.807) is 18.3 Å². The third kappa shape index (κ3) is 1.72. The number of H-pyrrole nitrogens is 1. The Kier molecular flexibility index (Phi) is 2.31. The Balaban J connectivity index is 2.10. The Labute approximate surface area is 104 Å². The van der Waals surface area contributed by atoms with Gasteiger partial charge in [0.25, 0.3) is 0 Å². The van der Waals surface area contributed by atoms with Crippen LogP contribution in [0.5, 0.6) is 0 Å². The van der Waals surface area contributed by atoms with Crippen LogP contribution < -0.4 is 0 Å². The van der Waals surface area contributed by atoms with E-state index in [1.807, 2.05) is 25.1 Å². The van der Waals surface area contributed by atoms with Crippen molar-refractivity contribution in [3.05, 3.63) is 47.7 Å². The molecule has 0 fully saturated rings. The number of aryl methyl sites for hydroxylation is 1. The monoisotopic (exact) mass is 234 g/mol. The molecule has 2 aromatic heterocycles. The second-order valence-corrected chi connectivity index (χ2v) is 4.16. The van der Waals surface area contributed by atoms with Crippen molar-refractivity contribution in [3.8, 4) is 17.5 Å². The van der Waals surface area contributed by atoms with Gasteiger partial charge in [-0.15, -0.1) is 0 Å². The zero-order valence-corrected chi connectivity index (χ0v) is 9.81. The molecule has 3 rings (SSSR count). The topological polar surface area (TPSA) is 65.4 Å². The first-order valence-corrected chi connectivity index (χ1v) is 5.59. The average Bonchev–Trinajstić information content (AvgIpc) is 2.81. The second-order valence-electron chi connectivity index (χ2n) is 4.16. The third-order valence-electron chi connectivity index (χ3n) is 2.76. The molecule has 0 aliphatic rings. The summed E-state index contributed by atoms with van der Waals surface area (Å²) in [6.45, 7) is 1.99. The second kappa shape index (κ2) is 3.97. The summed E-state index contributed by atoms with van der Waals surface area (Å²) in [7, 11) is 0. The van der Waals surface area contributed by atoms with Gasteiger partial charge < -0.3 is 4.98 Å². The first-order chi connectivity index (χ1) is 8.76. The number of nitrogens with zero attached hydrogens (tertiary/aromatic N) is 3. The molecule has 0 radical (unpaired) electrons. The maximum atomic E-state index is 8.76. The van der Waals surface area contributed by atoms with Crippen molar-refractivity contribution in [2.24, 2.45) is 0 Å². The lowest BCUT2D eigenvalue weighted by molar-refractivity contribution is 1.28. The standard InChI is InChI=1S/C14H10N4/c1-9-6-12-14(16-8-9)18-13(17-12)11-4-2-10(7-15)3-5-11/h2-6,8H,1H3,(H,16,17,18). The van der Waals surface area contributed by atoms with Gasteiger partial charge in [-0.1, -0.05) is 0 Å². The summed E-state index contributed by atoms with van der Waals surface area (Å²) < 4.78 is 0. The van der Waals surface area contributed by atoms with Gasteiger partial charge in [0.15, 0.2) is 5.65 Å². The highest BCUT2D eigenvalue weighted by Gasteiger charge is 2.06. The van der Waals surface area contributed by atoms with Crippen LogP contribution in [0, 0.1) is 18.3 Å². The van der Waals surface area contributed by atoms with Crippen LogP contribution in [-0.4, -0.2) is 15.0 Å². The molecule has 0 atom stereocenters. The lowest BCUT2D eigenvalue weighted by atomic mass is 10.1. The number of rotatable bonds is 1. The molecule has 0 saturated heterocycles. The molecule has 4 heteroatoms. The molecule has 0 amide bonds. The summed E-state index contributed by atoms with van der Waals surface area (Å²) in [5, 5.41) is 8.76. The molecule has 0 bridgehead atoms. The van der Waals surface area contributed by atoms with Gasteiger partial charge in [0.05, 0.1) is 17.1 Å². The molecule has 0 saturated carbocycles. The summed E-state index contributed by atoms with van der Waals surface area (Å²) >= 11 is 0. The van der Waals surface area contributed by atoms with E-state index >= 15 is 0 Å². The maximum Gasteiger partial charge on any atom is 0.178 e. The number of pyridine rings is 1. The summed E-state index contributed by atoms with van der Waals surface area (Å²) in [4.78, 5) is 11.9. The quantitative estimate of drug-likeness (QED) is 0.704. The summed E-state index contributed by atoms with van der Waals surface area (Å²) in [6.07, 6.45) is 1.80. The highest BCUT2D eigenvalue weighted by Crippen LogP contribution is 2.20.